The van der Waals surface area contributed by atoms with E-state index in [1.54, 1.807) is 24.4 Å². The lowest BCUT2D eigenvalue weighted by Crippen LogP contribution is -2.29. The number of anilines is 1. The van der Waals surface area contributed by atoms with Crippen LogP contribution in [0.25, 0.3) is 22.6 Å². The van der Waals surface area contributed by atoms with Crippen LogP contribution in [-0.2, 0) is 16.4 Å². The van der Waals surface area contributed by atoms with E-state index < -0.39 is 28.9 Å². The summed E-state index contributed by atoms with van der Waals surface area (Å²) in [6.45, 7) is 2.31. The highest BCUT2D eigenvalue weighted by Gasteiger charge is 2.53. The Hall–Kier alpha value is -4.42. The van der Waals surface area contributed by atoms with Gasteiger partial charge in [-0.3, -0.25) is 9.78 Å². The van der Waals surface area contributed by atoms with Gasteiger partial charge in [-0.1, -0.05) is 6.07 Å². The molecule has 4 aromatic rings. The Morgan fingerprint density at radius 2 is 1.95 bits per heavy atom. The van der Waals surface area contributed by atoms with Gasteiger partial charge in [-0.15, -0.1) is 10.2 Å². The third-order valence-corrected chi connectivity index (χ3v) is 6.03. The molecule has 0 unspecified atom stereocenters. The number of hydrogen-bond donors (Lipinski definition) is 2. The Balaban J connectivity index is 1.44. The zero-order valence-corrected chi connectivity index (χ0v) is 19.3. The summed E-state index contributed by atoms with van der Waals surface area (Å²) in [4.78, 5) is 21.9. The minimum absolute atomic E-state index is 0.0820. The molecule has 0 spiro atoms. The van der Waals surface area contributed by atoms with E-state index in [2.05, 4.69) is 35.9 Å². The Kier molecular flexibility index (Phi) is 6.05. The van der Waals surface area contributed by atoms with Crippen molar-refractivity contribution in [2.45, 2.75) is 31.4 Å². The highest BCUT2D eigenvalue weighted by atomic mass is 19.4. The van der Waals surface area contributed by atoms with Crippen LogP contribution in [0.1, 0.15) is 30.9 Å². The molecule has 1 fully saturated rings. The second-order valence-corrected chi connectivity index (χ2v) is 8.40. The largest absolute Gasteiger partial charge is 0.478 e. The minimum atomic E-state index is -4.68. The van der Waals surface area contributed by atoms with Crippen molar-refractivity contribution >= 4 is 11.6 Å². The molecule has 0 atom stereocenters. The molecule has 5 rings (SSSR count). The average Bonchev–Trinajstić information content (AvgIpc) is 3.49. The number of tetrazole rings is 1. The maximum absolute atomic E-state index is 14.6. The summed E-state index contributed by atoms with van der Waals surface area (Å²) in [5, 5.41) is 16.7. The van der Waals surface area contributed by atoms with Gasteiger partial charge in [0.25, 0.3) is 0 Å². The van der Waals surface area contributed by atoms with Crippen LogP contribution in [0.2, 0.25) is 0 Å². The number of H-pyrrole nitrogens is 1. The molecule has 13 heteroatoms. The van der Waals surface area contributed by atoms with Crippen LogP contribution < -0.4 is 10.1 Å². The lowest BCUT2D eigenvalue weighted by atomic mass is 9.93. The zero-order chi connectivity index (χ0) is 26.2. The van der Waals surface area contributed by atoms with Gasteiger partial charge in [-0.05, 0) is 49.2 Å². The Morgan fingerprint density at radius 3 is 2.54 bits per heavy atom. The molecule has 0 bridgehead atoms. The first-order chi connectivity index (χ1) is 17.7. The summed E-state index contributed by atoms with van der Waals surface area (Å²) in [6, 6.07) is 7.25. The minimum Gasteiger partial charge on any atom is -0.478 e. The predicted molar refractivity (Wildman–Crippen MR) is 123 cm³/mol. The average molecular weight is 513 g/mol. The lowest BCUT2D eigenvalue weighted by molar-refractivity contribution is -0.137. The fraction of sp³-hybridized carbons (Fsp3) is 0.250. The molecule has 0 aliphatic heterocycles. The fourth-order valence-electron chi connectivity index (χ4n) is 4.04. The second kappa shape index (κ2) is 9.22. The molecule has 2 N–H and O–H groups in total. The summed E-state index contributed by atoms with van der Waals surface area (Å²) in [5.74, 6) is -0.974. The third kappa shape index (κ3) is 4.71. The van der Waals surface area contributed by atoms with Crippen molar-refractivity contribution in [1.82, 2.24) is 30.6 Å². The summed E-state index contributed by atoms with van der Waals surface area (Å²) in [5.41, 5.74) is -0.664. The zero-order valence-electron chi connectivity index (χ0n) is 19.3. The van der Waals surface area contributed by atoms with Gasteiger partial charge in [-0.25, -0.2) is 9.37 Å². The number of halogens is 4. The molecule has 9 nitrogen and oxygen atoms in total. The molecule has 3 heterocycles. The van der Waals surface area contributed by atoms with Gasteiger partial charge < -0.3 is 10.1 Å². The molecule has 0 radical (unpaired) electrons. The Labute approximate surface area is 207 Å². The second-order valence-electron chi connectivity index (χ2n) is 8.40. The van der Waals surface area contributed by atoms with Gasteiger partial charge in [0.15, 0.2) is 0 Å². The van der Waals surface area contributed by atoms with Crippen LogP contribution in [0.3, 0.4) is 0 Å². The molecule has 1 aliphatic carbocycles. The number of aromatic nitrogens is 6. The van der Waals surface area contributed by atoms with Crippen molar-refractivity contribution < 1.29 is 27.1 Å². The topological polar surface area (TPSA) is 119 Å². The number of benzene rings is 1. The molecular formula is C24H19F4N7O2. The van der Waals surface area contributed by atoms with Crippen LogP contribution in [-0.4, -0.2) is 43.1 Å². The number of alkyl halides is 3. The fourth-order valence-corrected chi connectivity index (χ4v) is 4.04. The summed E-state index contributed by atoms with van der Waals surface area (Å²) < 4.78 is 58.8. The Morgan fingerprint density at radius 1 is 1.14 bits per heavy atom. The number of carbonyl (C=O) groups excluding carboxylic acids is 1. The first kappa shape index (κ1) is 24.3. The third-order valence-electron chi connectivity index (χ3n) is 6.03. The molecule has 3 aromatic heterocycles. The number of nitrogens with zero attached hydrogens (tertiary/aromatic N) is 5. The van der Waals surface area contributed by atoms with E-state index in [1.165, 1.54) is 6.20 Å². The van der Waals surface area contributed by atoms with Crippen molar-refractivity contribution in [3.63, 3.8) is 0 Å². The van der Waals surface area contributed by atoms with Crippen LogP contribution in [0.15, 0.2) is 48.8 Å². The normalized spacial score (nSPS) is 14.3. The number of carbonyl (C=O) groups is 1. The number of hydrogen-bond acceptors (Lipinski definition) is 7. The van der Waals surface area contributed by atoms with Gasteiger partial charge in [0, 0.05) is 23.4 Å². The van der Waals surface area contributed by atoms with Gasteiger partial charge >= 0.3 is 6.18 Å². The van der Waals surface area contributed by atoms with Crippen molar-refractivity contribution in [1.29, 1.82) is 0 Å². The van der Waals surface area contributed by atoms with Crippen LogP contribution in [0.4, 0.5) is 23.2 Å². The molecular weight excluding hydrogens is 494 g/mol. The molecule has 37 heavy (non-hydrogen) atoms. The number of rotatable bonds is 7. The molecule has 1 saturated carbocycles. The molecule has 1 amide bonds. The maximum atomic E-state index is 14.6. The number of amides is 1. The number of ether oxygens (including phenoxy) is 1. The van der Waals surface area contributed by atoms with Crippen molar-refractivity contribution in [3.05, 3.63) is 65.7 Å². The van der Waals surface area contributed by atoms with Crippen molar-refractivity contribution in [2.24, 2.45) is 0 Å². The summed E-state index contributed by atoms with van der Waals surface area (Å²) >= 11 is 0. The first-order valence-electron chi connectivity index (χ1n) is 11.2. The smallest absolute Gasteiger partial charge is 0.416 e. The van der Waals surface area contributed by atoms with Crippen LogP contribution in [0.5, 0.6) is 5.88 Å². The van der Waals surface area contributed by atoms with Gasteiger partial charge in [0.1, 0.15) is 5.82 Å². The quantitative estimate of drug-likeness (QED) is 0.348. The highest BCUT2D eigenvalue weighted by Crippen LogP contribution is 2.50. The predicted octanol–water partition coefficient (Wildman–Crippen LogP) is 4.55. The highest BCUT2D eigenvalue weighted by molar-refractivity contribution is 6.02. The number of pyridine rings is 2. The molecule has 1 aromatic carbocycles. The van der Waals surface area contributed by atoms with Gasteiger partial charge in [0.2, 0.25) is 17.6 Å². The van der Waals surface area contributed by atoms with Crippen molar-refractivity contribution in [3.8, 4) is 28.5 Å². The van der Waals surface area contributed by atoms with Crippen molar-refractivity contribution in [2.75, 3.05) is 11.9 Å². The van der Waals surface area contributed by atoms with E-state index in [-0.39, 0.29) is 17.1 Å². The van der Waals surface area contributed by atoms with E-state index in [4.69, 9.17) is 4.74 Å². The summed E-state index contributed by atoms with van der Waals surface area (Å²) in [7, 11) is 0. The lowest BCUT2D eigenvalue weighted by Gasteiger charge is -2.18. The monoisotopic (exact) mass is 513 g/mol. The molecule has 0 saturated heterocycles. The first-order valence-corrected chi connectivity index (χ1v) is 11.2. The molecule has 190 valence electrons. The summed E-state index contributed by atoms with van der Waals surface area (Å²) in [6.07, 6.45) is -1.12. The van der Waals surface area contributed by atoms with Gasteiger partial charge in [0.05, 0.1) is 40.7 Å². The molecule has 1 aliphatic rings. The maximum Gasteiger partial charge on any atom is 0.416 e. The standard InChI is InChI=1S/C24H19F4N7O2/c1-2-37-19-6-3-13(11-29-19)20-16(21-32-34-35-33-21)10-15(12-30-20)31-22(36)23(7-8-23)17-5-4-14(9-18(17)25)24(26,27)28/h3-6,9-12H,2,7-8H2,1H3,(H,31,36)(H,32,33,34,35). The van der Waals surface area contributed by atoms with E-state index in [0.29, 0.717) is 48.2 Å². The number of aromatic amines is 1. The van der Waals surface area contributed by atoms with E-state index in [9.17, 15) is 22.4 Å². The van der Waals surface area contributed by atoms with Crippen LogP contribution in [0, 0.1) is 5.82 Å². The van der Waals surface area contributed by atoms with Gasteiger partial charge in [-0.2, -0.15) is 18.4 Å². The van der Waals surface area contributed by atoms with E-state index in [1.807, 2.05) is 6.92 Å². The van der Waals surface area contributed by atoms with Crippen LogP contribution >= 0.6 is 0 Å². The van der Waals surface area contributed by atoms with E-state index >= 15 is 0 Å². The SMILES string of the molecule is CCOc1ccc(-c2ncc(NC(=O)C3(c4ccc(C(F)(F)F)cc4F)CC3)cc2-c2nn[nH]n2)cn1. The number of nitrogens with one attached hydrogen (secondary N) is 2. The Bertz CT molecular complexity index is 1440. The van der Waals surface area contributed by atoms with E-state index in [0.717, 1.165) is 12.1 Å².